The van der Waals surface area contributed by atoms with E-state index >= 15 is 0 Å². The van der Waals surface area contributed by atoms with Gasteiger partial charge in [0.2, 0.25) is 0 Å². The second-order valence-corrected chi connectivity index (χ2v) is 3.80. The van der Waals surface area contributed by atoms with E-state index in [4.69, 9.17) is 30.9 Å². The zero-order chi connectivity index (χ0) is 10.7. The van der Waals surface area contributed by atoms with Crippen molar-refractivity contribution < 1.29 is 144 Å². The summed E-state index contributed by atoms with van der Waals surface area (Å²) in [4.78, 5) is 0. The minimum atomic E-state index is -4.01. The molecule has 0 bridgehead atoms. The van der Waals surface area contributed by atoms with Crippen LogP contribution in [0.25, 0.3) is 0 Å². The van der Waals surface area contributed by atoms with Crippen molar-refractivity contribution in [3.63, 3.8) is 0 Å². The van der Waals surface area contributed by atoms with Crippen LogP contribution in [0.1, 0.15) is 0 Å². The van der Waals surface area contributed by atoms with E-state index in [1.807, 2.05) is 0 Å². The molecule has 15 heavy (non-hydrogen) atoms. The monoisotopic (exact) mass is 720 g/mol. The van der Waals surface area contributed by atoms with Gasteiger partial charge in [0.1, 0.15) is 0 Å². The molecule has 15 heteroatoms. The molecular formula is H4I3O11Tb. The van der Waals surface area contributed by atoms with Crippen molar-refractivity contribution in [3.05, 3.63) is 0 Å². The maximum atomic E-state index is 8.57. The minimum absolute atomic E-state index is 0. The van der Waals surface area contributed by atoms with E-state index < -0.39 is 63.2 Å². The van der Waals surface area contributed by atoms with Crippen molar-refractivity contribution >= 4 is 0 Å². The van der Waals surface area contributed by atoms with Gasteiger partial charge in [-0.2, -0.15) is 0 Å². The molecule has 0 saturated heterocycles. The first-order valence-electron chi connectivity index (χ1n) is 1.39. The molecule has 0 atom stereocenters. The second kappa shape index (κ2) is 30.2. The van der Waals surface area contributed by atoms with Crippen LogP contribution in [-0.4, -0.2) is 11.0 Å². The summed E-state index contributed by atoms with van der Waals surface area (Å²) in [5.74, 6) is 0. The summed E-state index contributed by atoms with van der Waals surface area (Å²) in [6.07, 6.45) is 0. The van der Waals surface area contributed by atoms with Crippen LogP contribution in [0.5, 0.6) is 0 Å². The van der Waals surface area contributed by atoms with E-state index in [0.29, 0.717) is 0 Å². The Balaban J connectivity index is -0.0000000184. The van der Waals surface area contributed by atoms with Crippen molar-refractivity contribution in [1.82, 2.24) is 0 Å². The molecule has 0 aromatic rings. The van der Waals surface area contributed by atoms with Gasteiger partial charge in [0.15, 0.2) is 0 Å². The first kappa shape index (κ1) is 36.1. The molecule has 4 N–H and O–H groups in total. The van der Waals surface area contributed by atoms with Crippen molar-refractivity contribution in [2.75, 3.05) is 0 Å². The first-order chi connectivity index (χ1) is 5.20. The van der Waals surface area contributed by atoms with E-state index in [-0.39, 0.29) is 49.6 Å². The molecule has 0 aliphatic rings. The molecule has 0 fully saturated rings. The SMILES string of the molecule is O.O.[O-][I+2]([O-])[O-].[O-][I+2]([O-])[O-].[O-][I+2]([O-])[O-].[Tb+3]. The number of rotatable bonds is 0. The fourth-order valence-electron chi connectivity index (χ4n) is 0. The van der Waals surface area contributed by atoms with Crippen LogP contribution in [-0.2, 0) is 0 Å². The van der Waals surface area contributed by atoms with Gasteiger partial charge in [-0.1, -0.05) is 0 Å². The summed E-state index contributed by atoms with van der Waals surface area (Å²) in [7, 11) is 0. The Morgan fingerprint density at radius 3 is 0.400 bits per heavy atom. The summed E-state index contributed by atoms with van der Waals surface area (Å²) in [5.41, 5.74) is 0. The van der Waals surface area contributed by atoms with Crippen molar-refractivity contribution in [1.29, 1.82) is 0 Å². The van der Waals surface area contributed by atoms with Crippen molar-refractivity contribution in [3.8, 4) is 0 Å². The molecule has 0 unspecified atom stereocenters. The van der Waals surface area contributed by atoms with Crippen LogP contribution in [0, 0.1) is 38.6 Å². The standard InChI is InChI=1S/3IO3.2H2O.Tb/c3*2-1(3)4;;;/h;;;2*1H2;/q3*-1;;;+3. The summed E-state index contributed by atoms with van der Waals surface area (Å²) < 4.78 is 77.2. The van der Waals surface area contributed by atoms with Gasteiger partial charge in [0, 0.05) is 0 Å². The fourth-order valence-corrected chi connectivity index (χ4v) is 0. The molecule has 100 valence electrons. The van der Waals surface area contributed by atoms with Crippen LogP contribution in [0.4, 0.5) is 0 Å². The van der Waals surface area contributed by atoms with E-state index in [2.05, 4.69) is 0 Å². The van der Waals surface area contributed by atoms with Crippen LogP contribution >= 0.6 is 0 Å². The molecule has 0 rings (SSSR count). The predicted molar refractivity (Wildman–Crippen MR) is 7.23 cm³/mol. The molecular weight excluding hydrogens is 716 g/mol. The Labute approximate surface area is 141 Å². The molecule has 0 aromatic carbocycles. The van der Waals surface area contributed by atoms with E-state index in [9.17, 15) is 0 Å². The van der Waals surface area contributed by atoms with Crippen LogP contribution in [0.15, 0.2) is 0 Å². The van der Waals surface area contributed by atoms with Crippen LogP contribution in [0.3, 0.4) is 0 Å². The van der Waals surface area contributed by atoms with Crippen molar-refractivity contribution in [2.45, 2.75) is 0 Å². The van der Waals surface area contributed by atoms with Gasteiger partial charge >= 0.3 is 38.6 Å². The van der Waals surface area contributed by atoms with Gasteiger partial charge in [-0.25, -0.2) is 0 Å². The zero-order valence-corrected chi connectivity index (χ0v) is 14.8. The molecule has 0 aliphatic heterocycles. The van der Waals surface area contributed by atoms with Gasteiger partial charge in [-0.3, -0.25) is 0 Å². The van der Waals surface area contributed by atoms with Gasteiger partial charge in [-0.15, -0.1) is 0 Å². The molecule has 0 saturated carbocycles. The molecule has 0 aromatic heterocycles. The molecule has 0 heterocycles. The van der Waals surface area contributed by atoms with E-state index in [0.717, 1.165) is 0 Å². The smallest absolute Gasteiger partial charge is 0.427 e. The maximum Gasteiger partial charge on any atom is 3.00 e. The molecule has 0 spiro atoms. The van der Waals surface area contributed by atoms with Gasteiger partial charge in [-0.05, 0) is 0 Å². The topological polar surface area (TPSA) is 271 Å². The summed E-state index contributed by atoms with van der Waals surface area (Å²) in [6, 6.07) is 0. The minimum Gasteiger partial charge on any atom is -0.427 e. The van der Waals surface area contributed by atoms with Gasteiger partial charge in [0.05, 0.1) is 0 Å². The third kappa shape index (κ3) is 418. The van der Waals surface area contributed by atoms with Crippen LogP contribution in [0.2, 0.25) is 0 Å². The largest absolute Gasteiger partial charge is 3.00 e. The van der Waals surface area contributed by atoms with Gasteiger partial charge in [0.25, 0.3) is 63.2 Å². The third-order valence-corrected chi connectivity index (χ3v) is 0. The Morgan fingerprint density at radius 2 is 0.400 bits per heavy atom. The summed E-state index contributed by atoms with van der Waals surface area (Å²) in [6.45, 7) is 0. The fraction of sp³-hybridized carbons (Fsp3) is 0. The Kier molecular flexibility index (Phi) is 72.8. The maximum absolute atomic E-state index is 8.57. The third-order valence-electron chi connectivity index (χ3n) is 0. The Hall–Kier alpha value is 3.04. The number of halogens is 3. The number of hydrogen-bond donors (Lipinski definition) is 0. The predicted octanol–water partition coefficient (Wildman–Crippen LogP) is -21.3. The summed E-state index contributed by atoms with van der Waals surface area (Å²) >= 11 is -12.0. The average molecular weight is 720 g/mol. The number of hydrogen-bond acceptors (Lipinski definition) is 9. The average Bonchev–Trinajstić information content (AvgIpc) is 1.54. The molecule has 11 nitrogen and oxygen atoms in total. The van der Waals surface area contributed by atoms with Crippen LogP contribution < -0.4 is 94.1 Å². The molecule has 0 amide bonds. The van der Waals surface area contributed by atoms with Crippen molar-refractivity contribution in [2.24, 2.45) is 0 Å². The molecule has 0 radical (unpaired) electrons. The van der Waals surface area contributed by atoms with E-state index in [1.165, 1.54) is 0 Å². The summed E-state index contributed by atoms with van der Waals surface area (Å²) in [5, 5.41) is 0. The zero-order valence-electron chi connectivity index (χ0n) is 6.14. The second-order valence-electron chi connectivity index (χ2n) is 0.567. The van der Waals surface area contributed by atoms with Gasteiger partial charge < -0.3 is 41.9 Å². The molecule has 0 aliphatic carbocycles. The quantitative estimate of drug-likeness (QED) is 0.215. The first-order valence-corrected chi connectivity index (χ1v) is 9.32. The Morgan fingerprint density at radius 1 is 0.400 bits per heavy atom. The Bertz CT molecular complexity index is 44.3. The normalized spacial score (nSPS) is 7.20. The van der Waals surface area contributed by atoms with E-state index in [1.54, 1.807) is 0 Å².